The van der Waals surface area contributed by atoms with Crippen LogP contribution in [-0.2, 0) is 25.9 Å². The summed E-state index contributed by atoms with van der Waals surface area (Å²) in [7, 11) is 1.59. The maximum absolute atomic E-state index is 15.2. The normalized spacial score (nSPS) is 15.1. The van der Waals surface area contributed by atoms with Gasteiger partial charge in [-0.25, -0.2) is 4.39 Å². The summed E-state index contributed by atoms with van der Waals surface area (Å²) in [6.45, 7) is 4.44. The monoisotopic (exact) mass is 792 g/mol. The molecular weight excluding hydrogens is 744 g/mol. The number of β-amino-alcohol motifs (C(OH)–C–C–N with tert-alkyl or cyclic N) is 2. The molecule has 2 aliphatic heterocycles. The number of aliphatic hydroxyl groups excluding tert-OH is 2. The molecule has 2 unspecified atom stereocenters. The lowest BCUT2D eigenvalue weighted by molar-refractivity contribution is 0.0637. The molecule has 2 aliphatic rings. The van der Waals surface area contributed by atoms with E-state index in [-0.39, 0.29) is 19.1 Å². The highest BCUT2D eigenvalue weighted by Crippen LogP contribution is 2.36. The number of hydrogen-bond acceptors (Lipinski definition) is 8. The van der Waals surface area contributed by atoms with Gasteiger partial charge in [0.05, 0.1) is 6.20 Å². The van der Waals surface area contributed by atoms with Crippen molar-refractivity contribution < 1.29 is 28.9 Å². The molecule has 0 spiro atoms. The average Bonchev–Trinajstić information content (AvgIpc) is 3.27. The lowest BCUT2D eigenvalue weighted by atomic mass is 9.93. The third kappa shape index (κ3) is 9.87. The van der Waals surface area contributed by atoms with Gasteiger partial charge in [-0.2, -0.15) is 0 Å². The molecule has 2 atom stereocenters. The van der Waals surface area contributed by atoms with Gasteiger partial charge < -0.3 is 25.0 Å². The zero-order valence-corrected chi connectivity index (χ0v) is 33.2. The Labute approximate surface area is 344 Å². The van der Waals surface area contributed by atoms with E-state index in [1.165, 1.54) is 34.6 Å². The van der Waals surface area contributed by atoms with E-state index in [0.717, 1.165) is 50.1 Å². The molecule has 8 rings (SSSR count). The lowest BCUT2D eigenvalue weighted by Crippen LogP contribution is -2.38. The van der Waals surface area contributed by atoms with E-state index in [9.17, 15) is 15.0 Å². The summed E-state index contributed by atoms with van der Waals surface area (Å²) in [5.74, 6) is 0.297. The van der Waals surface area contributed by atoms with E-state index in [1.807, 2.05) is 54.6 Å². The van der Waals surface area contributed by atoms with Crippen molar-refractivity contribution in [2.75, 3.05) is 46.4 Å². The molecule has 10 heteroatoms. The van der Waals surface area contributed by atoms with Crippen LogP contribution in [0.3, 0.4) is 0 Å². The third-order valence-electron chi connectivity index (χ3n) is 11.2. The van der Waals surface area contributed by atoms with Crippen LogP contribution >= 0.6 is 0 Å². The summed E-state index contributed by atoms with van der Waals surface area (Å²) < 4.78 is 27.6. The predicted octanol–water partition coefficient (Wildman–Crippen LogP) is 7.18. The molecule has 0 radical (unpaired) electrons. The number of aliphatic hydroxyl groups is 2. The van der Waals surface area contributed by atoms with Crippen molar-refractivity contribution in [2.24, 2.45) is 0 Å². The highest BCUT2D eigenvalue weighted by molar-refractivity contribution is 5.97. The summed E-state index contributed by atoms with van der Waals surface area (Å²) in [4.78, 5) is 21.6. The van der Waals surface area contributed by atoms with Crippen LogP contribution in [0.4, 0.5) is 4.39 Å². The zero-order valence-electron chi connectivity index (χ0n) is 33.2. The maximum atomic E-state index is 15.2. The third-order valence-corrected chi connectivity index (χ3v) is 11.2. The number of amides is 1. The fraction of sp³-hybridized carbons (Fsp3) is 0.265. The Bertz CT molecular complexity index is 2420. The van der Waals surface area contributed by atoms with Crippen molar-refractivity contribution in [2.45, 2.75) is 38.1 Å². The molecule has 6 aromatic rings. The van der Waals surface area contributed by atoms with Crippen molar-refractivity contribution in [1.29, 1.82) is 0 Å². The van der Waals surface area contributed by atoms with E-state index in [4.69, 9.17) is 9.47 Å². The number of rotatable bonds is 14. The Morgan fingerprint density at radius 3 is 1.85 bits per heavy atom. The summed E-state index contributed by atoms with van der Waals surface area (Å²) in [5, 5.41) is 24.8. The Kier molecular flexibility index (Phi) is 12.4. The second-order valence-electron chi connectivity index (χ2n) is 15.4. The van der Waals surface area contributed by atoms with Crippen LogP contribution in [0.1, 0.15) is 32.6 Å². The van der Waals surface area contributed by atoms with Crippen LogP contribution in [0, 0.1) is 5.82 Å². The Balaban J connectivity index is 1.02. The van der Waals surface area contributed by atoms with E-state index in [2.05, 4.69) is 62.6 Å². The summed E-state index contributed by atoms with van der Waals surface area (Å²) in [6.07, 6.45) is 3.17. The second-order valence-corrected chi connectivity index (χ2v) is 15.4. The molecule has 1 amide bonds. The van der Waals surface area contributed by atoms with E-state index >= 15 is 4.39 Å². The number of nitrogens with zero attached hydrogens (tertiary/aromatic N) is 3. The highest BCUT2D eigenvalue weighted by atomic mass is 19.1. The SMILES string of the molecule is CNC(=O)c1cc(-c2cccc(OCC(O)CN3CCc4ccccc4C3)c2)cc(-c2cc(OCC(O)CN3CCc4ccccc4C3)cc(-c3ccncc3F)c2)c1. The minimum absolute atomic E-state index is 0.0386. The fourth-order valence-electron chi connectivity index (χ4n) is 8.12. The summed E-state index contributed by atoms with van der Waals surface area (Å²) in [6, 6.07) is 37.1. The second kappa shape index (κ2) is 18.3. The first-order chi connectivity index (χ1) is 28.8. The fourth-order valence-corrected chi connectivity index (χ4v) is 8.12. The number of fused-ring (bicyclic) bond motifs is 2. The van der Waals surface area contributed by atoms with Crippen molar-refractivity contribution in [1.82, 2.24) is 20.1 Å². The van der Waals surface area contributed by atoms with Crippen LogP contribution in [0.25, 0.3) is 33.4 Å². The van der Waals surface area contributed by atoms with Crippen LogP contribution in [0.15, 0.2) is 128 Å². The summed E-state index contributed by atoms with van der Waals surface area (Å²) in [5.41, 5.74) is 9.61. The number of aromatic nitrogens is 1. The van der Waals surface area contributed by atoms with Gasteiger partial charge in [-0.1, -0.05) is 60.7 Å². The number of nitrogens with one attached hydrogen (secondary N) is 1. The van der Waals surface area contributed by atoms with Crippen LogP contribution < -0.4 is 14.8 Å². The van der Waals surface area contributed by atoms with Gasteiger partial charge in [0.15, 0.2) is 0 Å². The number of carbonyl (C=O) groups is 1. The molecule has 3 N–H and O–H groups in total. The van der Waals surface area contributed by atoms with Crippen LogP contribution in [0.5, 0.6) is 11.5 Å². The largest absolute Gasteiger partial charge is 0.491 e. The number of benzene rings is 5. The molecule has 9 nitrogen and oxygen atoms in total. The number of ether oxygens (including phenoxy) is 2. The van der Waals surface area contributed by atoms with E-state index in [1.54, 1.807) is 25.2 Å². The first kappa shape index (κ1) is 39.9. The van der Waals surface area contributed by atoms with E-state index < -0.39 is 18.0 Å². The molecule has 5 aromatic carbocycles. The standard InChI is InChI=1S/C49H49FN4O5/c1-51-49(57)42-21-38(35-11-6-12-45(23-35)58-31-43(55)29-53-17-14-33-7-2-4-9-36(33)27-53)19-39(22-42)40-20-41(47-13-16-52-26-48(47)50)25-46(24-40)59-32-44(56)30-54-18-15-34-8-3-5-10-37(34)28-54/h2-13,16,19-26,43-44,55-56H,14-15,17-18,27-32H2,1H3,(H,51,57). The molecule has 0 fully saturated rings. The first-order valence-electron chi connectivity index (χ1n) is 20.2. The number of hydrogen-bond donors (Lipinski definition) is 3. The van der Waals surface area contributed by atoms with Crippen molar-refractivity contribution in [3.8, 4) is 44.9 Å². The van der Waals surface area contributed by atoms with Gasteiger partial charge in [0.25, 0.3) is 5.91 Å². The van der Waals surface area contributed by atoms with Crippen molar-refractivity contribution in [3.05, 3.63) is 161 Å². The molecule has 0 bridgehead atoms. The van der Waals surface area contributed by atoms with Gasteiger partial charge in [-0.15, -0.1) is 0 Å². The predicted molar refractivity (Wildman–Crippen MR) is 228 cm³/mol. The Hall–Kier alpha value is -5.91. The smallest absolute Gasteiger partial charge is 0.251 e. The number of carbonyl (C=O) groups excluding carboxylic acids is 1. The molecule has 302 valence electrons. The maximum Gasteiger partial charge on any atom is 0.251 e. The molecule has 0 saturated heterocycles. The Morgan fingerprint density at radius 2 is 1.22 bits per heavy atom. The minimum Gasteiger partial charge on any atom is -0.491 e. The van der Waals surface area contributed by atoms with Gasteiger partial charge in [0.2, 0.25) is 0 Å². The van der Waals surface area contributed by atoms with Crippen LogP contribution in [-0.4, -0.2) is 89.6 Å². The van der Waals surface area contributed by atoms with Gasteiger partial charge >= 0.3 is 0 Å². The molecule has 0 aliphatic carbocycles. The highest BCUT2D eigenvalue weighted by Gasteiger charge is 2.21. The number of pyridine rings is 1. The minimum atomic E-state index is -0.758. The first-order valence-corrected chi connectivity index (χ1v) is 20.2. The van der Waals surface area contributed by atoms with Crippen LogP contribution in [0.2, 0.25) is 0 Å². The summed E-state index contributed by atoms with van der Waals surface area (Å²) >= 11 is 0. The van der Waals surface area contributed by atoms with Crippen molar-refractivity contribution >= 4 is 5.91 Å². The van der Waals surface area contributed by atoms with E-state index in [0.29, 0.717) is 52.4 Å². The molecule has 59 heavy (non-hydrogen) atoms. The zero-order chi connectivity index (χ0) is 40.7. The van der Waals surface area contributed by atoms with Crippen molar-refractivity contribution in [3.63, 3.8) is 0 Å². The molecule has 1 aromatic heterocycles. The topological polar surface area (TPSA) is 107 Å². The van der Waals surface area contributed by atoms with Gasteiger partial charge in [-0.05, 0) is 118 Å². The quantitative estimate of drug-likeness (QED) is 0.107. The average molecular weight is 793 g/mol. The molecular formula is C49H49FN4O5. The molecule has 3 heterocycles. The van der Waals surface area contributed by atoms with Gasteiger partial charge in [0.1, 0.15) is 42.7 Å². The Morgan fingerprint density at radius 1 is 0.678 bits per heavy atom. The van der Waals surface area contributed by atoms with Gasteiger partial charge in [0, 0.05) is 63.6 Å². The van der Waals surface area contributed by atoms with Gasteiger partial charge in [-0.3, -0.25) is 19.6 Å². The molecule has 0 saturated carbocycles. The lowest BCUT2D eigenvalue weighted by Gasteiger charge is -2.30. The number of halogens is 1.